The highest BCUT2D eigenvalue weighted by Crippen LogP contribution is 2.43. The number of ether oxygens (including phenoxy) is 2. The molecule has 0 fully saturated rings. The highest BCUT2D eigenvalue weighted by Gasteiger charge is 2.44. The number of aryl methyl sites for hydroxylation is 2. The maximum atomic E-state index is 13.8. The second kappa shape index (κ2) is 7.95. The lowest BCUT2D eigenvalue weighted by Crippen LogP contribution is -2.29. The van der Waals surface area contributed by atoms with E-state index in [0.717, 1.165) is 11.1 Å². The number of methoxy groups -OCH3 is 2. The smallest absolute Gasteiger partial charge is 0.295 e. The summed E-state index contributed by atoms with van der Waals surface area (Å²) in [5.41, 5.74) is 3.47. The van der Waals surface area contributed by atoms with Gasteiger partial charge in [-0.25, -0.2) is 0 Å². The van der Waals surface area contributed by atoms with Gasteiger partial charge in [0.2, 0.25) is 5.76 Å². The van der Waals surface area contributed by atoms with Crippen LogP contribution in [0.5, 0.6) is 17.2 Å². The molecule has 7 nitrogen and oxygen atoms in total. The molecule has 0 radical (unpaired) electrons. The topological polar surface area (TPSA) is 89.2 Å². The lowest BCUT2D eigenvalue weighted by Gasteiger charge is -2.25. The summed E-state index contributed by atoms with van der Waals surface area (Å²) in [7, 11) is 3.01. The minimum atomic E-state index is -0.771. The van der Waals surface area contributed by atoms with Gasteiger partial charge in [0, 0.05) is 5.69 Å². The molecule has 1 aliphatic heterocycles. The molecule has 4 aromatic rings. The first-order valence-electron chi connectivity index (χ1n) is 10.8. The predicted octanol–water partition coefficient (Wildman–Crippen LogP) is 4.88. The van der Waals surface area contributed by atoms with Gasteiger partial charge >= 0.3 is 0 Å². The second-order valence-corrected chi connectivity index (χ2v) is 8.31. The fraction of sp³-hybridized carbons (Fsp3) is 0.185. The van der Waals surface area contributed by atoms with E-state index < -0.39 is 11.9 Å². The average molecular weight is 457 g/mol. The molecule has 1 aromatic heterocycles. The van der Waals surface area contributed by atoms with E-state index in [4.69, 9.17) is 13.9 Å². The normalized spacial score (nSPS) is 15.0. The van der Waals surface area contributed by atoms with Crippen LogP contribution in [0.1, 0.15) is 38.9 Å². The Balaban J connectivity index is 1.80. The first-order chi connectivity index (χ1) is 16.3. The predicted molar refractivity (Wildman–Crippen MR) is 128 cm³/mol. The van der Waals surface area contributed by atoms with E-state index in [1.54, 1.807) is 55.6 Å². The van der Waals surface area contributed by atoms with E-state index in [1.165, 1.54) is 18.1 Å². The molecule has 0 aliphatic carbocycles. The summed E-state index contributed by atoms with van der Waals surface area (Å²) in [6.45, 7) is 3.86. The Labute approximate surface area is 195 Å². The van der Waals surface area contributed by atoms with Gasteiger partial charge in [-0.2, -0.15) is 0 Å². The Morgan fingerprint density at radius 2 is 1.62 bits per heavy atom. The van der Waals surface area contributed by atoms with Crippen molar-refractivity contribution in [2.75, 3.05) is 19.1 Å². The van der Waals surface area contributed by atoms with E-state index in [0.29, 0.717) is 28.0 Å². The van der Waals surface area contributed by atoms with Crippen molar-refractivity contribution in [1.29, 1.82) is 0 Å². The number of aromatic hydroxyl groups is 1. The zero-order chi connectivity index (χ0) is 24.1. The zero-order valence-electron chi connectivity index (χ0n) is 19.2. The van der Waals surface area contributed by atoms with Crippen LogP contribution in [-0.2, 0) is 0 Å². The fourth-order valence-electron chi connectivity index (χ4n) is 4.42. The third kappa shape index (κ3) is 3.20. The van der Waals surface area contributed by atoms with Crippen LogP contribution in [0.15, 0.2) is 63.8 Å². The monoisotopic (exact) mass is 457 g/mol. The van der Waals surface area contributed by atoms with Crippen LogP contribution in [0.2, 0.25) is 0 Å². The lowest BCUT2D eigenvalue weighted by atomic mass is 9.97. The third-order valence-electron chi connectivity index (χ3n) is 6.36. The molecule has 5 rings (SSSR count). The molecule has 7 heteroatoms. The van der Waals surface area contributed by atoms with Crippen molar-refractivity contribution in [3.63, 3.8) is 0 Å². The van der Waals surface area contributed by atoms with Gasteiger partial charge in [-0.05, 0) is 79.1 Å². The first kappa shape index (κ1) is 21.6. The van der Waals surface area contributed by atoms with Crippen molar-refractivity contribution in [2.24, 2.45) is 0 Å². The molecule has 0 spiro atoms. The van der Waals surface area contributed by atoms with Crippen molar-refractivity contribution in [1.82, 2.24) is 0 Å². The molecule has 1 aliphatic rings. The summed E-state index contributed by atoms with van der Waals surface area (Å²) in [6.07, 6.45) is 0. The third-order valence-corrected chi connectivity index (χ3v) is 6.36. The Morgan fingerprint density at radius 1 is 0.912 bits per heavy atom. The Kier molecular flexibility index (Phi) is 5.05. The number of anilines is 1. The number of amides is 1. The Hall–Kier alpha value is -4.26. The number of phenolic OH excluding ortho intramolecular Hbond substituents is 1. The standard InChI is InChI=1S/C27H23NO6/c1-14-11-19-21(12-15(14)2)34-26-23(25(19)30)24(16-5-10-20(29)22(13-16)33-4)28(27(26)31)17-6-8-18(32-3)9-7-17/h5-13,24,29H,1-4H3. The number of hydrogen-bond acceptors (Lipinski definition) is 6. The number of benzene rings is 3. The molecule has 1 N–H and O–H groups in total. The second-order valence-electron chi connectivity index (χ2n) is 8.31. The minimum Gasteiger partial charge on any atom is -0.504 e. The summed E-state index contributed by atoms with van der Waals surface area (Å²) in [6, 6.07) is 14.6. The van der Waals surface area contributed by atoms with E-state index in [-0.39, 0.29) is 28.3 Å². The maximum absolute atomic E-state index is 13.8. The van der Waals surface area contributed by atoms with E-state index >= 15 is 0 Å². The van der Waals surface area contributed by atoms with Crippen LogP contribution in [0.3, 0.4) is 0 Å². The minimum absolute atomic E-state index is 0.00797. The summed E-state index contributed by atoms with van der Waals surface area (Å²) >= 11 is 0. The SMILES string of the molecule is COc1ccc(N2C(=O)c3oc4cc(C)c(C)cc4c(=O)c3C2c2ccc(O)c(OC)c2)cc1. The van der Waals surface area contributed by atoms with Crippen LogP contribution < -0.4 is 19.8 Å². The summed E-state index contributed by atoms with van der Waals surface area (Å²) in [4.78, 5) is 29.0. The number of rotatable bonds is 4. The van der Waals surface area contributed by atoms with Gasteiger partial charge in [0.1, 0.15) is 11.3 Å². The molecule has 3 aromatic carbocycles. The molecule has 1 amide bonds. The van der Waals surface area contributed by atoms with Gasteiger partial charge in [-0.1, -0.05) is 6.07 Å². The fourth-order valence-corrected chi connectivity index (χ4v) is 4.42. The summed E-state index contributed by atoms with van der Waals surface area (Å²) in [5.74, 6) is 0.429. The van der Waals surface area contributed by atoms with E-state index in [2.05, 4.69) is 0 Å². The van der Waals surface area contributed by atoms with Crippen molar-refractivity contribution < 1.29 is 23.8 Å². The zero-order valence-corrected chi connectivity index (χ0v) is 19.2. The number of fused-ring (bicyclic) bond motifs is 2. The van der Waals surface area contributed by atoms with Crippen LogP contribution in [0.4, 0.5) is 5.69 Å². The van der Waals surface area contributed by atoms with Crippen LogP contribution in [0.25, 0.3) is 11.0 Å². The summed E-state index contributed by atoms with van der Waals surface area (Å²) in [5, 5.41) is 10.5. The molecular weight excluding hydrogens is 434 g/mol. The molecule has 1 atom stereocenters. The van der Waals surface area contributed by atoms with Crippen molar-refractivity contribution in [3.8, 4) is 17.2 Å². The number of hydrogen-bond donors (Lipinski definition) is 1. The largest absolute Gasteiger partial charge is 0.504 e. The molecule has 34 heavy (non-hydrogen) atoms. The Bertz CT molecular complexity index is 1500. The van der Waals surface area contributed by atoms with Gasteiger partial charge in [-0.15, -0.1) is 0 Å². The van der Waals surface area contributed by atoms with E-state index in [1.807, 2.05) is 13.8 Å². The molecule has 0 bridgehead atoms. The first-order valence-corrected chi connectivity index (χ1v) is 10.8. The van der Waals surface area contributed by atoms with Gasteiger partial charge in [0.05, 0.1) is 31.2 Å². The van der Waals surface area contributed by atoms with Crippen molar-refractivity contribution in [3.05, 3.63) is 92.8 Å². The number of phenols is 1. The highest BCUT2D eigenvalue weighted by atomic mass is 16.5. The van der Waals surface area contributed by atoms with Crippen LogP contribution in [0, 0.1) is 13.8 Å². The van der Waals surface area contributed by atoms with E-state index in [9.17, 15) is 14.7 Å². The Morgan fingerprint density at radius 3 is 2.29 bits per heavy atom. The lowest BCUT2D eigenvalue weighted by molar-refractivity contribution is 0.0971. The van der Waals surface area contributed by atoms with Gasteiger partial charge in [0.15, 0.2) is 16.9 Å². The molecule has 2 heterocycles. The molecule has 172 valence electrons. The number of carbonyl (C=O) groups excluding carboxylic acids is 1. The average Bonchev–Trinajstić information content (AvgIpc) is 3.13. The maximum Gasteiger partial charge on any atom is 0.295 e. The molecule has 0 saturated carbocycles. The molecule has 0 saturated heterocycles. The quantitative estimate of drug-likeness (QED) is 0.470. The van der Waals surface area contributed by atoms with Crippen molar-refractivity contribution in [2.45, 2.75) is 19.9 Å². The number of carbonyl (C=O) groups is 1. The van der Waals surface area contributed by atoms with Crippen LogP contribution in [-0.4, -0.2) is 25.2 Å². The van der Waals surface area contributed by atoms with Crippen molar-refractivity contribution >= 4 is 22.6 Å². The van der Waals surface area contributed by atoms with Gasteiger partial charge < -0.3 is 19.0 Å². The van der Waals surface area contributed by atoms with Crippen LogP contribution >= 0.6 is 0 Å². The van der Waals surface area contributed by atoms with Gasteiger partial charge in [0.25, 0.3) is 5.91 Å². The molecular formula is C27H23NO6. The number of nitrogens with zero attached hydrogens (tertiary/aromatic N) is 1. The molecule has 1 unspecified atom stereocenters. The highest BCUT2D eigenvalue weighted by molar-refractivity contribution is 6.10. The van der Waals surface area contributed by atoms with Gasteiger partial charge in [-0.3, -0.25) is 14.5 Å². The summed E-state index contributed by atoms with van der Waals surface area (Å²) < 4.78 is 16.6.